The second kappa shape index (κ2) is 4.63. The first-order chi connectivity index (χ1) is 6.11. The van der Waals surface area contributed by atoms with Crippen molar-refractivity contribution in [2.24, 2.45) is 0 Å². The molecule has 70 valence electrons. The maximum atomic E-state index is 10.6. The van der Waals surface area contributed by atoms with E-state index in [1.807, 2.05) is 12.1 Å². The molecule has 0 unspecified atom stereocenters. The largest absolute Gasteiger partial charge is 0.461 e. The fraction of sp³-hybridized carbons (Fsp3) is 0.222. The van der Waals surface area contributed by atoms with Crippen molar-refractivity contribution in [3.05, 3.63) is 33.3 Å². The summed E-state index contributed by atoms with van der Waals surface area (Å²) >= 11 is 9.21. The van der Waals surface area contributed by atoms with Crippen molar-refractivity contribution in [2.45, 2.75) is 13.5 Å². The van der Waals surface area contributed by atoms with E-state index in [0.29, 0.717) is 5.02 Å². The van der Waals surface area contributed by atoms with Crippen molar-refractivity contribution in [1.29, 1.82) is 0 Å². The maximum absolute atomic E-state index is 10.6. The molecule has 13 heavy (non-hydrogen) atoms. The summed E-state index contributed by atoms with van der Waals surface area (Å²) in [6.45, 7) is 1.57. The molecule has 0 aliphatic heterocycles. The van der Waals surface area contributed by atoms with Gasteiger partial charge in [-0.25, -0.2) is 0 Å². The lowest BCUT2D eigenvalue weighted by Gasteiger charge is -2.06. The molecule has 0 bridgehead atoms. The molecule has 0 saturated heterocycles. The smallest absolute Gasteiger partial charge is 0.302 e. The lowest BCUT2D eigenvalue weighted by molar-refractivity contribution is -0.142. The van der Waals surface area contributed by atoms with Crippen LogP contribution in [0.5, 0.6) is 0 Å². The minimum atomic E-state index is -0.313. The van der Waals surface area contributed by atoms with Crippen LogP contribution in [0.2, 0.25) is 5.02 Å². The highest BCUT2D eigenvalue weighted by molar-refractivity contribution is 9.10. The fourth-order valence-electron chi connectivity index (χ4n) is 0.844. The van der Waals surface area contributed by atoms with Crippen LogP contribution in [0.4, 0.5) is 0 Å². The Morgan fingerprint density at radius 1 is 1.62 bits per heavy atom. The van der Waals surface area contributed by atoms with Gasteiger partial charge in [0.15, 0.2) is 0 Å². The van der Waals surface area contributed by atoms with E-state index in [-0.39, 0.29) is 12.6 Å². The molecule has 2 nitrogen and oxygen atoms in total. The molecule has 1 aromatic rings. The molecule has 0 heterocycles. The average molecular weight is 264 g/mol. The zero-order chi connectivity index (χ0) is 9.84. The van der Waals surface area contributed by atoms with Crippen LogP contribution < -0.4 is 0 Å². The van der Waals surface area contributed by atoms with Crippen LogP contribution in [-0.4, -0.2) is 5.97 Å². The summed E-state index contributed by atoms with van der Waals surface area (Å²) in [5.74, 6) is -0.313. The Balaban J connectivity index is 2.81. The summed E-state index contributed by atoms with van der Waals surface area (Å²) in [5.41, 5.74) is 0.791. The van der Waals surface area contributed by atoms with Gasteiger partial charge < -0.3 is 4.74 Å². The molecule has 0 atom stereocenters. The summed E-state index contributed by atoms with van der Waals surface area (Å²) < 4.78 is 5.68. The standard InChI is InChI=1S/C9H8BrClO2/c1-6(12)13-5-7-8(10)3-2-4-9(7)11/h2-4H,5H2,1H3. The molecule has 0 aliphatic carbocycles. The topological polar surface area (TPSA) is 26.3 Å². The normalized spacial score (nSPS) is 9.77. The Bertz CT molecular complexity index is 305. The highest BCUT2D eigenvalue weighted by atomic mass is 79.9. The zero-order valence-corrected chi connectivity index (χ0v) is 9.35. The van der Waals surface area contributed by atoms with Gasteiger partial charge in [0.1, 0.15) is 6.61 Å². The van der Waals surface area contributed by atoms with Gasteiger partial charge in [0.2, 0.25) is 0 Å². The van der Waals surface area contributed by atoms with Gasteiger partial charge in [-0.15, -0.1) is 0 Å². The number of hydrogen-bond donors (Lipinski definition) is 0. The lowest BCUT2D eigenvalue weighted by Crippen LogP contribution is -1.99. The third kappa shape index (κ3) is 3.01. The highest BCUT2D eigenvalue weighted by Crippen LogP contribution is 2.25. The minimum absolute atomic E-state index is 0.204. The van der Waals surface area contributed by atoms with Crippen LogP contribution in [-0.2, 0) is 16.1 Å². The van der Waals surface area contributed by atoms with E-state index in [2.05, 4.69) is 15.9 Å². The van der Waals surface area contributed by atoms with E-state index in [4.69, 9.17) is 16.3 Å². The van der Waals surface area contributed by atoms with Gasteiger partial charge in [-0.3, -0.25) is 4.79 Å². The monoisotopic (exact) mass is 262 g/mol. The van der Waals surface area contributed by atoms with E-state index in [1.54, 1.807) is 6.07 Å². The van der Waals surface area contributed by atoms with Gasteiger partial charge in [-0.1, -0.05) is 33.6 Å². The van der Waals surface area contributed by atoms with E-state index >= 15 is 0 Å². The summed E-state index contributed by atoms with van der Waals surface area (Å²) in [6, 6.07) is 5.43. The van der Waals surface area contributed by atoms with Crippen molar-refractivity contribution in [3.63, 3.8) is 0 Å². The maximum Gasteiger partial charge on any atom is 0.302 e. The molecule has 0 fully saturated rings. The van der Waals surface area contributed by atoms with Gasteiger partial charge in [0.05, 0.1) is 0 Å². The van der Waals surface area contributed by atoms with Gasteiger partial charge in [0, 0.05) is 22.0 Å². The minimum Gasteiger partial charge on any atom is -0.461 e. The fourth-order valence-corrected chi connectivity index (χ4v) is 1.67. The molecule has 0 amide bonds. The predicted octanol–water partition coefficient (Wildman–Crippen LogP) is 3.17. The van der Waals surface area contributed by atoms with Crippen molar-refractivity contribution in [2.75, 3.05) is 0 Å². The van der Waals surface area contributed by atoms with Crippen molar-refractivity contribution in [3.8, 4) is 0 Å². The van der Waals surface area contributed by atoms with Crippen LogP contribution in [0.3, 0.4) is 0 Å². The molecule has 1 aromatic carbocycles. The molecular formula is C9H8BrClO2. The molecule has 0 aromatic heterocycles. The number of benzene rings is 1. The van der Waals surface area contributed by atoms with E-state index in [1.165, 1.54) is 6.92 Å². The highest BCUT2D eigenvalue weighted by Gasteiger charge is 2.05. The number of carbonyl (C=O) groups is 1. The van der Waals surface area contributed by atoms with E-state index in [9.17, 15) is 4.79 Å². The molecule has 0 saturated carbocycles. The summed E-state index contributed by atoms with van der Waals surface area (Å²) in [5, 5.41) is 0.593. The average Bonchev–Trinajstić information content (AvgIpc) is 2.03. The van der Waals surface area contributed by atoms with Crippen LogP contribution in [0.15, 0.2) is 22.7 Å². The first kappa shape index (κ1) is 10.5. The van der Waals surface area contributed by atoms with Crippen LogP contribution in [0.25, 0.3) is 0 Å². The summed E-state index contributed by atoms with van der Waals surface area (Å²) in [6.07, 6.45) is 0. The quantitative estimate of drug-likeness (QED) is 0.766. The lowest BCUT2D eigenvalue weighted by atomic mass is 10.2. The van der Waals surface area contributed by atoms with Crippen molar-refractivity contribution < 1.29 is 9.53 Å². The third-order valence-electron chi connectivity index (χ3n) is 1.48. The summed E-state index contributed by atoms with van der Waals surface area (Å²) in [7, 11) is 0. The molecule has 0 aliphatic rings. The molecule has 0 N–H and O–H groups in total. The second-order valence-electron chi connectivity index (χ2n) is 2.48. The summed E-state index contributed by atoms with van der Waals surface area (Å²) in [4.78, 5) is 10.6. The molecular weight excluding hydrogens is 255 g/mol. The number of esters is 1. The van der Waals surface area contributed by atoms with Crippen molar-refractivity contribution in [1.82, 2.24) is 0 Å². The number of ether oxygens (including phenoxy) is 1. The van der Waals surface area contributed by atoms with Gasteiger partial charge >= 0.3 is 5.97 Å². The second-order valence-corrected chi connectivity index (χ2v) is 3.74. The van der Waals surface area contributed by atoms with Crippen LogP contribution >= 0.6 is 27.5 Å². The number of hydrogen-bond acceptors (Lipinski definition) is 2. The number of carbonyl (C=O) groups excluding carboxylic acids is 1. The molecule has 0 spiro atoms. The first-order valence-corrected chi connectivity index (χ1v) is 4.84. The first-order valence-electron chi connectivity index (χ1n) is 3.67. The third-order valence-corrected chi connectivity index (χ3v) is 2.58. The Hall–Kier alpha value is -0.540. The molecule has 4 heteroatoms. The van der Waals surface area contributed by atoms with E-state index < -0.39 is 0 Å². The molecule has 0 radical (unpaired) electrons. The molecule has 1 rings (SSSR count). The van der Waals surface area contributed by atoms with Crippen LogP contribution in [0, 0.1) is 0 Å². The van der Waals surface area contributed by atoms with Crippen molar-refractivity contribution >= 4 is 33.5 Å². The Kier molecular flexibility index (Phi) is 3.75. The Morgan fingerprint density at radius 2 is 2.31 bits per heavy atom. The van der Waals surface area contributed by atoms with Crippen LogP contribution in [0.1, 0.15) is 12.5 Å². The van der Waals surface area contributed by atoms with E-state index in [0.717, 1.165) is 10.0 Å². The Labute approximate surface area is 90.0 Å². The SMILES string of the molecule is CC(=O)OCc1c(Cl)cccc1Br. The Morgan fingerprint density at radius 3 is 2.85 bits per heavy atom. The number of rotatable bonds is 2. The zero-order valence-electron chi connectivity index (χ0n) is 7.01. The van der Waals surface area contributed by atoms with Gasteiger partial charge in [0.25, 0.3) is 0 Å². The van der Waals surface area contributed by atoms with Gasteiger partial charge in [-0.05, 0) is 12.1 Å². The van der Waals surface area contributed by atoms with Gasteiger partial charge in [-0.2, -0.15) is 0 Å². The predicted molar refractivity (Wildman–Crippen MR) is 54.6 cm³/mol. The number of halogens is 2.